The van der Waals surface area contributed by atoms with E-state index in [4.69, 9.17) is 0 Å². The number of thioether (sulfide) groups is 1. The Morgan fingerprint density at radius 1 is 1.24 bits per heavy atom. The van der Waals surface area contributed by atoms with Crippen molar-refractivity contribution in [2.45, 2.75) is 25.4 Å². The average Bonchev–Trinajstić information content (AvgIpc) is 2.41. The number of hydrogen-bond donors (Lipinski definition) is 1. The van der Waals surface area contributed by atoms with Crippen molar-refractivity contribution in [3.05, 3.63) is 35.1 Å². The molecule has 0 aromatic heterocycles. The molecule has 0 atom stereocenters. The number of amides is 1. The van der Waals surface area contributed by atoms with Crippen LogP contribution in [0.2, 0.25) is 0 Å². The smallest absolute Gasteiger partial charge is 0.352 e. The van der Waals surface area contributed by atoms with Gasteiger partial charge in [-0.25, -0.2) is 4.39 Å². The molecule has 0 aliphatic heterocycles. The molecular weight excluding hydrogens is 306 g/mol. The largest absolute Gasteiger partial charge is 0.416 e. The lowest BCUT2D eigenvalue weighted by Crippen LogP contribution is -2.26. The molecule has 21 heavy (non-hydrogen) atoms. The van der Waals surface area contributed by atoms with Crippen LogP contribution in [-0.4, -0.2) is 24.5 Å². The van der Waals surface area contributed by atoms with Crippen molar-refractivity contribution >= 4 is 17.7 Å². The molecule has 118 valence electrons. The standard InChI is InChI=1S/C14H17F4NOS/c1-21-8-4-2-3-7-19-13(20)11-9-10(14(16,17)18)5-6-12(11)15/h5-6,9H,2-4,7-8H2,1H3,(H,19,20). The van der Waals surface area contributed by atoms with Gasteiger partial charge in [-0.2, -0.15) is 24.9 Å². The maximum atomic E-state index is 13.5. The van der Waals surface area contributed by atoms with Crippen LogP contribution < -0.4 is 5.32 Å². The Morgan fingerprint density at radius 3 is 2.57 bits per heavy atom. The molecule has 1 aromatic carbocycles. The Morgan fingerprint density at radius 2 is 1.95 bits per heavy atom. The Hall–Kier alpha value is -1.24. The van der Waals surface area contributed by atoms with Gasteiger partial charge in [0, 0.05) is 6.54 Å². The second kappa shape index (κ2) is 8.26. The molecule has 1 aromatic rings. The van der Waals surface area contributed by atoms with Crippen LogP contribution in [0.1, 0.15) is 35.2 Å². The highest BCUT2D eigenvalue weighted by atomic mass is 32.2. The Balaban J connectivity index is 2.57. The molecule has 0 aliphatic carbocycles. The molecule has 0 saturated heterocycles. The first-order valence-corrected chi connectivity index (χ1v) is 7.89. The van der Waals surface area contributed by atoms with Crippen molar-refractivity contribution < 1.29 is 22.4 Å². The minimum Gasteiger partial charge on any atom is -0.352 e. The second-order valence-electron chi connectivity index (χ2n) is 4.50. The summed E-state index contributed by atoms with van der Waals surface area (Å²) < 4.78 is 51.0. The van der Waals surface area contributed by atoms with Crippen LogP contribution in [-0.2, 0) is 6.18 Å². The molecule has 1 rings (SSSR count). The minimum absolute atomic E-state index is 0.322. The van der Waals surface area contributed by atoms with E-state index in [9.17, 15) is 22.4 Å². The third-order valence-corrected chi connectivity index (χ3v) is 3.55. The highest BCUT2D eigenvalue weighted by molar-refractivity contribution is 7.98. The number of carbonyl (C=O) groups is 1. The topological polar surface area (TPSA) is 29.1 Å². The van der Waals surface area contributed by atoms with Gasteiger partial charge in [-0.15, -0.1) is 0 Å². The summed E-state index contributed by atoms with van der Waals surface area (Å²) in [6, 6.07) is 1.82. The third kappa shape index (κ3) is 5.95. The molecule has 0 saturated carbocycles. The van der Waals surface area contributed by atoms with Gasteiger partial charge in [0.05, 0.1) is 11.1 Å². The van der Waals surface area contributed by atoms with E-state index in [0.29, 0.717) is 31.2 Å². The van der Waals surface area contributed by atoms with Crippen LogP contribution in [0.5, 0.6) is 0 Å². The summed E-state index contributed by atoms with van der Waals surface area (Å²) in [5.74, 6) is -0.748. The Bertz CT molecular complexity index is 477. The number of benzene rings is 1. The highest BCUT2D eigenvalue weighted by Crippen LogP contribution is 2.30. The lowest BCUT2D eigenvalue weighted by atomic mass is 10.1. The Kier molecular flexibility index (Phi) is 7.01. The van der Waals surface area contributed by atoms with Gasteiger partial charge in [-0.05, 0) is 43.0 Å². The zero-order valence-electron chi connectivity index (χ0n) is 11.6. The van der Waals surface area contributed by atoms with Crippen molar-refractivity contribution in [1.29, 1.82) is 0 Å². The molecule has 1 amide bonds. The number of carbonyl (C=O) groups excluding carboxylic acids is 1. The molecular formula is C14H17F4NOS. The highest BCUT2D eigenvalue weighted by Gasteiger charge is 2.31. The van der Waals surface area contributed by atoms with E-state index in [0.717, 1.165) is 18.6 Å². The van der Waals surface area contributed by atoms with E-state index in [2.05, 4.69) is 5.32 Å². The number of rotatable bonds is 7. The molecule has 0 unspecified atom stereocenters. The molecule has 0 bridgehead atoms. The summed E-state index contributed by atoms with van der Waals surface area (Å²) in [5.41, 5.74) is -1.61. The van der Waals surface area contributed by atoms with E-state index in [1.807, 2.05) is 6.26 Å². The summed E-state index contributed by atoms with van der Waals surface area (Å²) in [6.07, 6.45) is 0.0345. The molecule has 7 heteroatoms. The fourth-order valence-electron chi connectivity index (χ4n) is 1.72. The first kappa shape index (κ1) is 17.8. The van der Waals surface area contributed by atoms with Gasteiger partial charge in [0.1, 0.15) is 5.82 Å². The van der Waals surface area contributed by atoms with E-state index in [1.54, 1.807) is 11.8 Å². The maximum Gasteiger partial charge on any atom is 0.416 e. The SMILES string of the molecule is CSCCCCCNC(=O)c1cc(C(F)(F)F)ccc1F. The number of nitrogens with one attached hydrogen (secondary N) is 1. The van der Waals surface area contributed by atoms with Gasteiger partial charge in [-0.1, -0.05) is 6.42 Å². The molecule has 2 nitrogen and oxygen atoms in total. The summed E-state index contributed by atoms with van der Waals surface area (Å²) in [7, 11) is 0. The Labute approximate surface area is 125 Å². The van der Waals surface area contributed by atoms with Crippen LogP contribution in [0.4, 0.5) is 17.6 Å². The number of hydrogen-bond acceptors (Lipinski definition) is 2. The summed E-state index contributed by atoms with van der Waals surface area (Å²) >= 11 is 1.73. The summed E-state index contributed by atoms with van der Waals surface area (Å²) in [4.78, 5) is 11.7. The zero-order valence-corrected chi connectivity index (χ0v) is 12.4. The number of alkyl halides is 3. The van der Waals surface area contributed by atoms with Gasteiger partial charge in [-0.3, -0.25) is 4.79 Å². The van der Waals surface area contributed by atoms with Gasteiger partial charge in [0.2, 0.25) is 0 Å². The predicted octanol–water partition coefficient (Wildman–Crippen LogP) is 4.11. The molecule has 0 aliphatic rings. The van der Waals surface area contributed by atoms with Crippen LogP contribution in [0, 0.1) is 5.82 Å². The van der Waals surface area contributed by atoms with Crippen molar-refractivity contribution in [2.75, 3.05) is 18.6 Å². The number of unbranched alkanes of at least 4 members (excludes halogenated alkanes) is 2. The lowest BCUT2D eigenvalue weighted by Gasteiger charge is -2.10. The maximum absolute atomic E-state index is 13.5. The molecule has 0 heterocycles. The van der Waals surface area contributed by atoms with Gasteiger partial charge in [0.25, 0.3) is 5.91 Å². The van der Waals surface area contributed by atoms with Crippen LogP contribution in [0.25, 0.3) is 0 Å². The average molecular weight is 323 g/mol. The fraction of sp³-hybridized carbons (Fsp3) is 0.500. The summed E-state index contributed by atoms with van der Waals surface area (Å²) in [5, 5.41) is 2.44. The second-order valence-corrected chi connectivity index (χ2v) is 5.49. The fourth-order valence-corrected chi connectivity index (χ4v) is 2.21. The van der Waals surface area contributed by atoms with Crippen LogP contribution in [0.3, 0.4) is 0 Å². The lowest BCUT2D eigenvalue weighted by molar-refractivity contribution is -0.137. The van der Waals surface area contributed by atoms with Crippen LogP contribution >= 0.6 is 11.8 Å². The third-order valence-electron chi connectivity index (χ3n) is 2.85. The normalized spacial score (nSPS) is 11.5. The molecule has 0 radical (unpaired) electrons. The van der Waals surface area contributed by atoms with Crippen molar-refractivity contribution in [2.24, 2.45) is 0 Å². The first-order chi connectivity index (χ1) is 9.86. The van der Waals surface area contributed by atoms with E-state index in [1.165, 1.54) is 0 Å². The van der Waals surface area contributed by atoms with Crippen molar-refractivity contribution in [1.82, 2.24) is 5.32 Å². The van der Waals surface area contributed by atoms with E-state index in [-0.39, 0.29) is 0 Å². The van der Waals surface area contributed by atoms with Gasteiger partial charge >= 0.3 is 6.18 Å². The summed E-state index contributed by atoms with van der Waals surface area (Å²) in [6.45, 7) is 0.322. The number of halogens is 4. The van der Waals surface area contributed by atoms with Crippen LogP contribution in [0.15, 0.2) is 18.2 Å². The van der Waals surface area contributed by atoms with E-state index < -0.39 is 29.0 Å². The molecule has 0 spiro atoms. The quantitative estimate of drug-likeness (QED) is 0.604. The van der Waals surface area contributed by atoms with Crippen molar-refractivity contribution in [3.8, 4) is 0 Å². The minimum atomic E-state index is -4.60. The van der Waals surface area contributed by atoms with Gasteiger partial charge in [0.15, 0.2) is 0 Å². The zero-order chi connectivity index (χ0) is 15.9. The van der Waals surface area contributed by atoms with Crippen molar-refractivity contribution in [3.63, 3.8) is 0 Å². The van der Waals surface area contributed by atoms with E-state index >= 15 is 0 Å². The monoisotopic (exact) mass is 323 g/mol. The predicted molar refractivity (Wildman–Crippen MR) is 76.0 cm³/mol. The molecule has 1 N–H and O–H groups in total. The first-order valence-electron chi connectivity index (χ1n) is 6.50. The van der Waals surface area contributed by atoms with Gasteiger partial charge < -0.3 is 5.32 Å². The molecule has 0 fully saturated rings.